The van der Waals surface area contributed by atoms with Crippen LogP contribution < -0.4 is 15.0 Å². The van der Waals surface area contributed by atoms with Crippen molar-refractivity contribution in [3.63, 3.8) is 0 Å². The number of carbonyl (C=O) groups is 2. The van der Waals surface area contributed by atoms with Crippen molar-refractivity contribution in [1.29, 1.82) is 0 Å². The van der Waals surface area contributed by atoms with Crippen molar-refractivity contribution in [2.45, 2.75) is 26.9 Å². The van der Waals surface area contributed by atoms with Gasteiger partial charge in [-0.3, -0.25) is 9.59 Å². The van der Waals surface area contributed by atoms with E-state index in [1.807, 2.05) is 19.9 Å². The Balaban J connectivity index is 2.18. The second-order valence-electron chi connectivity index (χ2n) is 5.91. The van der Waals surface area contributed by atoms with Crippen molar-refractivity contribution in [1.82, 2.24) is 0 Å². The van der Waals surface area contributed by atoms with Gasteiger partial charge < -0.3 is 15.0 Å². The summed E-state index contributed by atoms with van der Waals surface area (Å²) in [6, 6.07) is 11.9. The van der Waals surface area contributed by atoms with Crippen LogP contribution in [-0.2, 0) is 9.59 Å². The van der Waals surface area contributed by atoms with Crippen molar-refractivity contribution in [3.05, 3.63) is 52.5 Å². The van der Waals surface area contributed by atoms with Gasteiger partial charge in [0.15, 0.2) is 0 Å². The first kappa shape index (κ1) is 20.1. The van der Waals surface area contributed by atoms with Crippen LogP contribution in [0.3, 0.4) is 0 Å². The Hall–Kier alpha value is -2.24. The van der Waals surface area contributed by atoms with E-state index in [4.69, 9.17) is 27.9 Å². The lowest BCUT2D eigenvalue weighted by Gasteiger charge is -2.22. The summed E-state index contributed by atoms with van der Waals surface area (Å²) in [7, 11) is 0. The molecule has 0 aliphatic carbocycles. The molecule has 1 N–H and O–H groups in total. The summed E-state index contributed by atoms with van der Waals surface area (Å²) >= 11 is 12.1. The van der Waals surface area contributed by atoms with Crippen LogP contribution in [0.2, 0.25) is 10.0 Å². The van der Waals surface area contributed by atoms with Gasteiger partial charge in [0.25, 0.3) is 0 Å². The number of carbonyl (C=O) groups excluding carboxylic acids is 2. The minimum Gasteiger partial charge on any atom is -0.489 e. The molecular weight excluding hydrogens is 375 g/mol. The molecule has 0 spiro atoms. The van der Waals surface area contributed by atoms with E-state index in [0.717, 1.165) is 0 Å². The SMILES string of the molecule is CC(=O)N(CC(=O)Nc1ccccc1OC(C)C)c1ccc(Cl)cc1Cl. The van der Waals surface area contributed by atoms with Crippen LogP contribution >= 0.6 is 23.2 Å². The number of hydrogen-bond donors (Lipinski definition) is 1. The number of hydrogen-bond acceptors (Lipinski definition) is 3. The minimum atomic E-state index is -0.369. The zero-order valence-electron chi connectivity index (χ0n) is 14.8. The van der Waals surface area contributed by atoms with Gasteiger partial charge in [0, 0.05) is 11.9 Å². The lowest BCUT2D eigenvalue weighted by atomic mass is 10.2. The van der Waals surface area contributed by atoms with E-state index in [0.29, 0.717) is 27.2 Å². The van der Waals surface area contributed by atoms with E-state index >= 15 is 0 Å². The number of ether oxygens (including phenoxy) is 1. The molecular formula is C19H20Cl2N2O3. The lowest BCUT2D eigenvalue weighted by molar-refractivity contribution is -0.120. The highest BCUT2D eigenvalue weighted by atomic mass is 35.5. The Morgan fingerprint density at radius 1 is 1.15 bits per heavy atom. The van der Waals surface area contributed by atoms with E-state index in [2.05, 4.69) is 5.32 Å². The van der Waals surface area contributed by atoms with Crippen molar-refractivity contribution in [2.75, 3.05) is 16.8 Å². The van der Waals surface area contributed by atoms with Crippen LogP contribution in [0.1, 0.15) is 20.8 Å². The van der Waals surface area contributed by atoms with Crippen LogP contribution in [-0.4, -0.2) is 24.5 Å². The zero-order valence-corrected chi connectivity index (χ0v) is 16.3. The van der Waals surface area contributed by atoms with Gasteiger partial charge in [-0.2, -0.15) is 0 Å². The van der Waals surface area contributed by atoms with E-state index in [1.165, 1.54) is 17.9 Å². The number of halogens is 2. The van der Waals surface area contributed by atoms with Crippen LogP contribution in [0.25, 0.3) is 0 Å². The summed E-state index contributed by atoms with van der Waals surface area (Å²) in [6.07, 6.45) is -0.0327. The van der Waals surface area contributed by atoms with Gasteiger partial charge in [-0.25, -0.2) is 0 Å². The number of para-hydroxylation sites is 2. The Bertz CT molecular complexity index is 809. The standard InChI is InChI=1S/C19H20Cl2N2O3/c1-12(2)26-18-7-5-4-6-16(18)22-19(25)11-23(13(3)24)17-9-8-14(20)10-15(17)21/h4-10,12H,11H2,1-3H3,(H,22,25). The fourth-order valence-corrected chi connectivity index (χ4v) is 2.84. The zero-order chi connectivity index (χ0) is 19.3. The lowest BCUT2D eigenvalue weighted by Crippen LogP contribution is -2.37. The highest BCUT2D eigenvalue weighted by Crippen LogP contribution is 2.29. The summed E-state index contributed by atoms with van der Waals surface area (Å²) in [4.78, 5) is 25.8. The molecule has 2 aromatic carbocycles. The number of amides is 2. The smallest absolute Gasteiger partial charge is 0.244 e. The van der Waals surface area contributed by atoms with Crippen LogP contribution in [0.5, 0.6) is 5.75 Å². The maximum Gasteiger partial charge on any atom is 0.244 e. The van der Waals surface area contributed by atoms with Gasteiger partial charge in [0.05, 0.1) is 22.5 Å². The molecule has 0 saturated carbocycles. The Kier molecular flexibility index (Phi) is 6.89. The normalized spacial score (nSPS) is 10.5. The highest BCUT2D eigenvalue weighted by molar-refractivity contribution is 6.36. The number of nitrogens with zero attached hydrogens (tertiary/aromatic N) is 1. The van der Waals surface area contributed by atoms with E-state index < -0.39 is 0 Å². The average molecular weight is 395 g/mol. The monoisotopic (exact) mass is 394 g/mol. The summed E-state index contributed by atoms with van der Waals surface area (Å²) < 4.78 is 5.68. The number of nitrogens with one attached hydrogen (secondary N) is 1. The number of benzene rings is 2. The largest absolute Gasteiger partial charge is 0.489 e. The van der Waals surface area contributed by atoms with Crippen LogP contribution in [0.15, 0.2) is 42.5 Å². The van der Waals surface area contributed by atoms with Gasteiger partial charge >= 0.3 is 0 Å². The molecule has 0 aliphatic heterocycles. The van der Waals surface area contributed by atoms with Gasteiger partial charge in [0.1, 0.15) is 12.3 Å². The topological polar surface area (TPSA) is 58.6 Å². The molecule has 2 rings (SSSR count). The Labute approximate surface area is 162 Å². The summed E-state index contributed by atoms with van der Waals surface area (Å²) in [5.41, 5.74) is 0.960. The summed E-state index contributed by atoms with van der Waals surface area (Å²) in [5, 5.41) is 3.52. The molecule has 0 heterocycles. The molecule has 26 heavy (non-hydrogen) atoms. The predicted molar refractivity (Wildman–Crippen MR) is 105 cm³/mol. The van der Waals surface area contributed by atoms with E-state index in [-0.39, 0.29) is 24.5 Å². The molecule has 0 atom stereocenters. The van der Waals surface area contributed by atoms with Gasteiger partial charge in [-0.15, -0.1) is 0 Å². The molecule has 5 nitrogen and oxygen atoms in total. The molecule has 0 saturated heterocycles. The molecule has 0 bridgehead atoms. The quantitative estimate of drug-likeness (QED) is 0.767. The predicted octanol–water partition coefficient (Wildman–Crippen LogP) is 4.77. The molecule has 0 fully saturated rings. The summed E-state index contributed by atoms with van der Waals surface area (Å²) in [5.74, 6) is -0.114. The van der Waals surface area contributed by atoms with Crippen LogP contribution in [0.4, 0.5) is 11.4 Å². The molecule has 2 aromatic rings. The van der Waals surface area contributed by atoms with Crippen LogP contribution in [0, 0.1) is 0 Å². The average Bonchev–Trinajstić information content (AvgIpc) is 2.54. The Morgan fingerprint density at radius 2 is 1.85 bits per heavy atom. The molecule has 0 unspecified atom stereocenters. The first-order valence-electron chi connectivity index (χ1n) is 8.06. The molecule has 2 amide bonds. The highest BCUT2D eigenvalue weighted by Gasteiger charge is 2.19. The van der Waals surface area contributed by atoms with Gasteiger partial charge in [0.2, 0.25) is 11.8 Å². The third-order valence-electron chi connectivity index (χ3n) is 3.41. The number of rotatable bonds is 6. The second-order valence-corrected chi connectivity index (χ2v) is 6.76. The first-order chi connectivity index (χ1) is 12.3. The van der Waals surface area contributed by atoms with E-state index in [9.17, 15) is 9.59 Å². The van der Waals surface area contributed by atoms with Gasteiger partial charge in [-0.05, 0) is 44.2 Å². The molecule has 0 aliphatic rings. The number of anilines is 2. The third kappa shape index (κ3) is 5.38. The molecule has 138 valence electrons. The molecule has 7 heteroatoms. The van der Waals surface area contributed by atoms with Crippen molar-refractivity contribution in [2.24, 2.45) is 0 Å². The fraction of sp³-hybridized carbons (Fsp3) is 0.263. The van der Waals surface area contributed by atoms with Gasteiger partial charge in [-0.1, -0.05) is 35.3 Å². The fourth-order valence-electron chi connectivity index (χ4n) is 2.33. The second kappa shape index (κ2) is 8.92. The Morgan fingerprint density at radius 3 is 2.46 bits per heavy atom. The minimum absolute atomic E-state index is 0.0327. The van der Waals surface area contributed by atoms with Crippen molar-refractivity contribution >= 4 is 46.4 Å². The molecule has 0 radical (unpaired) electrons. The summed E-state index contributed by atoms with van der Waals surface area (Å²) in [6.45, 7) is 4.98. The molecule has 0 aromatic heterocycles. The van der Waals surface area contributed by atoms with Crippen molar-refractivity contribution < 1.29 is 14.3 Å². The first-order valence-corrected chi connectivity index (χ1v) is 8.82. The maximum atomic E-state index is 12.5. The van der Waals surface area contributed by atoms with E-state index in [1.54, 1.807) is 30.3 Å². The maximum absolute atomic E-state index is 12.5. The third-order valence-corrected chi connectivity index (χ3v) is 3.94. The van der Waals surface area contributed by atoms with Crippen molar-refractivity contribution in [3.8, 4) is 5.75 Å².